The number of halogens is 1. The Bertz CT molecular complexity index is 429. The molecule has 5 heteroatoms. The van der Waals surface area contributed by atoms with Crippen LogP contribution in [-0.4, -0.2) is 20.9 Å². The van der Waals surface area contributed by atoms with Crippen LogP contribution in [0.15, 0.2) is 12.1 Å². The summed E-state index contributed by atoms with van der Waals surface area (Å²) in [5.74, 6) is 0.313. The molecule has 1 aromatic carbocycles. The van der Waals surface area contributed by atoms with Crippen molar-refractivity contribution >= 4 is 27.3 Å². The van der Waals surface area contributed by atoms with E-state index in [1.807, 2.05) is 0 Å². The molecule has 0 aliphatic rings. The highest BCUT2D eigenvalue weighted by Gasteiger charge is 2.04. The summed E-state index contributed by atoms with van der Waals surface area (Å²) in [6.45, 7) is 0. The normalized spacial score (nSPS) is 9.38. The van der Waals surface area contributed by atoms with E-state index in [0.717, 1.165) is 5.37 Å². The van der Waals surface area contributed by atoms with Gasteiger partial charge in [-0.3, -0.25) is 0 Å². The lowest BCUT2D eigenvalue weighted by atomic mass is 10.2. The van der Waals surface area contributed by atoms with Crippen LogP contribution in [0.25, 0.3) is 0 Å². The second-order valence-corrected chi connectivity index (χ2v) is 3.29. The molecular weight excluding hydrogens is 212 g/mol. The van der Waals surface area contributed by atoms with Crippen molar-refractivity contribution < 1.29 is 13.2 Å². The molecule has 0 atom stereocenters. The Morgan fingerprint density at radius 2 is 2.31 bits per heavy atom. The second-order valence-electron chi connectivity index (χ2n) is 2.16. The molecular formula is C8H6ClO3S. The van der Waals surface area contributed by atoms with Crippen LogP contribution in [0.4, 0.5) is 0 Å². The molecule has 3 nitrogen and oxygen atoms in total. The first-order chi connectivity index (χ1) is 6.15. The minimum absolute atomic E-state index is 0.265. The summed E-state index contributed by atoms with van der Waals surface area (Å²) in [5.41, 5.74) is 0.416. The van der Waals surface area contributed by atoms with Crippen LogP contribution in [0.2, 0.25) is 5.02 Å². The van der Waals surface area contributed by atoms with Crippen LogP contribution in [0, 0.1) is 6.07 Å². The molecule has 0 fully saturated rings. The number of methoxy groups -OCH3 is 1. The minimum atomic E-state index is -2.26. The van der Waals surface area contributed by atoms with Crippen molar-refractivity contribution in [1.29, 1.82) is 0 Å². The third kappa shape index (κ3) is 2.47. The Balaban J connectivity index is 3.37. The van der Waals surface area contributed by atoms with E-state index in [1.54, 1.807) is 6.07 Å². The van der Waals surface area contributed by atoms with Gasteiger partial charge in [0.2, 0.25) is 10.3 Å². The lowest BCUT2D eigenvalue weighted by Gasteiger charge is -2.04. The Morgan fingerprint density at radius 1 is 1.62 bits per heavy atom. The molecule has 0 spiro atoms. The van der Waals surface area contributed by atoms with Crippen LogP contribution < -0.4 is 4.74 Å². The van der Waals surface area contributed by atoms with E-state index in [2.05, 4.69) is 6.07 Å². The fourth-order valence-electron chi connectivity index (χ4n) is 0.876. The van der Waals surface area contributed by atoms with Gasteiger partial charge in [-0.15, -0.1) is 0 Å². The maximum atomic E-state index is 10.4. The van der Waals surface area contributed by atoms with E-state index < -0.39 is 10.3 Å². The van der Waals surface area contributed by atoms with E-state index in [9.17, 15) is 8.42 Å². The largest absolute Gasteiger partial charge is 0.495 e. The Hall–Kier alpha value is -1.00. The highest BCUT2D eigenvalue weighted by molar-refractivity contribution is 7.71. The van der Waals surface area contributed by atoms with Gasteiger partial charge in [0.1, 0.15) is 5.75 Å². The van der Waals surface area contributed by atoms with Crippen molar-refractivity contribution in [3.8, 4) is 5.75 Å². The van der Waals surface area contributed by atoms with Crippen molar-refractivity contribution in [1.82, 2.24) is 0 Å². The number of benzene rings is 1. The molecule has 0 unspecified atom stereocenters. The van der Waals surface area contributed by atoms with Crippen molar-refractivity contribution in [2.75, 3.05) is 7.11 Å². The maximum absolute atomic E-state index is 10.4. The summed E-state index contributed by atoms with van der Waals surface area (Å²) >= 11 is 5.71. The Labute approximate surface area is 82.4 Å². The third-order valence-corrected chi connectivity index (χ3v) is 2.09. The molecule has 1 aromatic rings. The van der Waals surface area contributed by atoms with Gasteiger partial charge in [0, 0.05) is 11.6 Å². The zero-order chi connectivity index (χ0) is 9.84. The average Bonchev–Trinajstić information content (AvgIpc) is 2.03. The zero-order valence-corrected chi connectivity index (χ0v) is 8.32. The molecule has 69 valence electrons. The van der Waals surface area contributed by atoms with Gasteiger partial charge in [-0.2, -0.15) is 8.42 Å². The molecule has 0 saturated heterocycles. The van der Waals surface area contributed by atoms with Gasteiger partial charge >= 0.3 is 0 Å². The quantitative estimate of drug-likeness (QED) is 0.699. The first-order valence-corrected chi connectivity index (χ1v) is 4.84. The highest BCUT2D eigenvalue weighted by atomic mass is 35.5. The minimum Gasteiger partial charge on any atom is -0.495 e. The van der Waals surface area contributed by atoms with E-state index in [1.165, 1.54) is 13.2 Å². The summed E-state index contributed by atoms with van der Waals surface area (Å²) in [4.78, 5) is 0. The molecule has 0 aromatic heterocycles. The van der Waals surface area contributed by atoms with Crippen LogP contribution in [-0.2, 0) is 10.3 Å². The summed E-state index contributed by atoms with van der Waals surface area (Å²) in [6, 6.07) is 5.77. The SMILES string of the molecule is COc1c(Cl)[c]ccc1C=S(=O)=O. The maximum Gasteiger partial charge on any atom is 0.214 e. The monoisotopic (exact) mass is 217 g/mol. The smallest absolute Gasteiger partial charge is 0.214 e. The second kappa shape index (κ2) is 4.30. The van der Waals surface area contributed by atoms with Crippen LogP contribution in [0.3, 0.4) is 0 Å². The van der Waals surface area contributed by atoms with Crippen LogP contribution in [0.5, 0.6) is 5.75 Å². The molecule has 1 radical (unpaired) electrons. The molecule has 0 N–H and O–H groups in total. The summed E-state index contributed by atoms with van der Waals surface area (Å²) in [6.07, 6.45) is 0. The van der Waals surface area contributed by atoms with E-state index in [-0.39, 0.29) is 5.02 Å². The predicted molar refractivity (Wildman–Crippen MR) is 50.9 cm³/mol. The summed E-state index contributed by atoms with van der Waals surface area (Å²) in [5, 5.41) is 1.29. The summed E-state index contributed by atoms with van der Waals surface area (Å²) < 4.78 is 25.7. The van der Waals surface area contributed by atoms with Gasteiger partial charge in [0.15, 0.2) is 0 Å². The number of hydrogen-bond donors (Lipinski definition) is 0. The summed E-state index contributed by atoms with van der Waals surface area (Å²) in [7, 11) is -0.847. The molecule has 0 heterocycles. The van der Waals surface area contributed by atoms with Crippen molar-refractivity contribution in [3.63, 3.8) is 0 Å². The van der Waals surface area contributed by atoms with Crippen LogP contribution >= 0.6 is 11.6 Å². The lowest BCUT2D eigenvalue weighted by Crippen LogP contribution is -1.91. The van der Waals surface area contributed by atoms with E-state index in [4.69, 9.17) is 16.3 Å². The fourth-order valence-corrected chi connectivity index (χ4v) is 1.52. The van der Waals surface area contributed by atoms with Gasteiger partial charge in [0.05, 0.1) is 17.5 Å². The van der Waals surface area contributed by atoms with Crippen LogP contribution in [0.1, 0.15) is 5.56 Å². The lowest BCUT2D eigenvalue weighted by molar-refractivity contribution is 0.414. The fraction of sp³-hybridized carbons (Fsp3) is 0.125. The van der Waals surface area contributed by atoms with Gasteiger partial charge in [-0.1, -0.05) is 17.7 Å². The van der Waals surface area contributed by atoms with Gasteiger partial charge in [-0.05, 0) is 6.07 Å². The highest BCUT2D eigenvalue weighted by Crippen LogP contribution is 2.26. The molecule has 0 bridgehead atoms. The number of ether oxygens (including phenoxy) is 1. The molecule has 0 saturated carbocycles. The number of rotatable bonds is 2. The topological polar surface area (TPSA) is 43.4 Å². The van der Waals surface area contributed by atoms with Gasteiger partial charge in [0.25, 0.3) is 0 Å². The van der Waals surface area contributed by atoms with Gasteiger partial charge in [-0.25, -0.2) is 0 Å². The van der Waals surface area contributed by atoms with Crippen molar-refractivity contribution in [2.45, 2.75) is 0 Å². The molecule has 0 amide bonds. The first-order valence-electron chi connectivity index (χ1n) is 3.32. The van der Waals surface area contributed by atoms with E-state index in [0.29, 0.717) is 11.3 Å². The standard InChI is InChI=1S/C8H6ClO3S/c1-12-8-6(5-13(10)11)3-2-4-7(8)9/h2-3,5H,1H3. The van der Waals surface area contributed by atoms with E-state index >= 15 is 0 Å². The van der Waals surface area contributed by atoms with Crippen molar-refractivity contribution in [2.24, 2.45) is 0 Å². The molecule has 0 aliphatic heterocycles. The molecule has 13 heavy (non-hydrogen) atoms. The third-order valence-electron chi connectivity index (χ3n) is 1.36. The van der Waals surface area contributed by atoms with Crippen molar-refractivity contribution in [3.05, 3.63) is 28.8 Å². The Kier molecular flexibility index (Phi) is 3.33. The zero-order valence-electron chi connectivity index (χ0n) is 6.74. The number of hydrogen-bond acceptors (Lipinski definition) is 3. The van der Waals surface area contributed by atoms with Gasteiger partial charge < -0.3 is 4.74 Å². The Morgan fingerprint density at radius 3 is 2.85 bits per heavy atom. The molecule has 1 rings (SSSR count). The first kappa shape index (κ1) is 10.1. The predicted octanol–water partition coefficient (Wildman–Crippen LogP) is 1.18. The molecule has 0 aliphatic carbocycles. The average molecular weight is 218 g/mol.